The molecule has 0 amide bonds. The predicted octanol–water partition coefficient (Wildman–Crippen LogP) is 1.97. The van der Waals surface area contributed by atoms with Crippen LogP contribution in [0.3, 0.4) is 0 Å². The van der Waals surface area contributed by atoms with E-state index in [0.717, 1.165) is 18.9 Å². The van der Waals surface area contributed by atoms with E-state index >= 15 is 0 Å². The Morgan fingerprint density at radius 1 is 1.46 bits per heavy atom. The molecule has 0 saturated carbocycles. The smallest absolute Gasteiger partial charge is 0.377 e. The molecule has 1 aliphatic rings. The van der Waals surface area contributed by atoms with Gasteiger partial charge in [-0.15, -0.1) is 6.58 Å². The largest absolute Gasteiger partial charge is 0.501 e. The van der Waals surface area contributed by atoms with Crippen LogP contribution in [0.1, 0.15) is 19.8 Å². The third kappa shape index (κ3) is 2.20. The first-order valence-corrected chi connectivity index (χ1v) is 6.47. The Balaban J connectivity index is 2.74. The summed E-state index contributed by atoms with van der Waals surface area (Å²) in [4.78, 5) is 0. The van der Waals surface area contributed by atoms with Crippen LogP contribution in [0.5, 0.6) is 0 Å². The molecule has 1 saturated heterocycles. The Hall–Kier alpha value is -0.163. The van der Waals surface area contributed by atoms with Crippen molar-refractivity contribution in [3.8, 4) is 0 Å². The second kappa shape index (κ2) is 3.92. The molecule has 1 rings (SSSR count). The van der Waals surface area contributed by atoms with Crippen LogP contribution >= 0.6 is 0 Å². The van der Waals surface area contributed by atoms with Crippen molar-refractivity contribution in [2.45, 2.75) is 31.4 Å². The highest BCUT2D eigenvalue weighted by Gasteiger charge is 2.47. The number of rotatable bonds is 3. The van der Waals surface area contributed by atoms with Gasteiger partial charge in [-0.2, -0.15) is 0 Å². The van der Waals surface area contributed by atoms with Crippen molar-refractivity contribution in [2.75, 3.05) is 14.2 Å². The Labute approximate surface area is 81.1 Å². The van der Waals surface area contributed by atoms with E-state index in [9.17, 15) is 0 Å². The van der Waals surface area contributed by atoms with Gasteiger partial charge in [-0.1, -0.05) is 6.08 Å². The predicted molar refractivity (Wildman–Crippen MR) is 53.5 cm³/mol. The first-order valence-electron chi connectivity index (χ1n) is 4.54. The summed E-state index contributed by atoms with van der Waals surface area (Å²) in [7, 11) is 0.956. The van der Waals surface area contributed by atoms with E-state index in [2.05, 4.69) is 6.58 Å². The minimum absolute atomic E-state index is 0.267. The van der Waals surface area contributed by atoms with Crippen LogP contribution < -0.4 is 0 Å². The summed E-state index contributed by atoms with van der Waals surface area (Å²) in [6.07, 6.45) is 3.92. The molecule has 1 aliphatic heterocycles. The van der Waals surface area contributed by atoms with Crippen LogP contribution in [0.4, 0.5) is 0 Å². The summed E-state index contributed by atoms with van der Waals surface area (Å²) in [5, 5.41) is 0. The van der Waals surface area contributed by atoms with E-state index in [4.69, 9.17) is 13.3 Å². The van der Waals surface area contributed by atoms with Gasteiger partial charge >= 0.3 is 8.80 Å². The van der Waals surface area contributed by atoms with Gasteiger partial charge in [-0.25, -0.2) is 0 Å². The lowest BCUT2D eigenvalue weighted by molar-refractivity contribution is 0.000266. The molecule has 0 radical (unpaired) electrons. The van der Waals surface area contributed by atoms with Gasteiger partial charge in [0.2, 0.25) is 0 Å². The summed E-state index contributed by atoms with van der Waals surface area (Å²) >= 11 is 0. The molecule has 0 aromatic heterocycles. The summed E-state index contributed by atoms with van der Waals surface area (Å²) in [6.45, 7) is 5.80. The van der Waals surface area contributed by atoms with Gasteiger partial charge < -0.3 is 13.3 Å². The van der Waals surface area contributed by atoms with Gasteiger partial charge in [0.15, 0.2) is 0 Å². The Kier molecular flexibility index (Phi) is 3.29. The summed E-state index contributed by atoms with van der Waals surface area (Å²) in [5.41, 5.74) is -0.267. The third-order valence-electron chi connectivity index (χ3n) is 2.60. The van der Waals surface area contributed by atoms with Crippen molar-refractivity contribution in [2.24, 2.45) is 0 Å². The SMILES string of the molecule is C=CC1(C)CCC[Si](OC)(OC)O1. The molecule has 0 bridgehead atoms. The quantitative estimate of drug-likeness (QED) is 0.517. The molecule has 1 atom stereocenters. The lowest BCUT2D eigenvalue weighted by Crippen LogP contribution is -2.53. The maximum Gasteiger partial charge on any atom is 0.501 e. The van der Waals surface area contributed by atoms with Crippen LogP contribution in [-0.2, 0) is 13.3 Å². The molecule has 13 heavy (non-hydrogen) atoms. The molecule has 4 heteroatoms. The van der Waals surface area contributed by atoms with Gasteiger partial charge in [0, 0.05) is 20.3 Å². The van der Waals surface area contributed by atoms with Gasteiger partial charge in [-0.05, 0) is 19.8 Å². The Morgan fingerprint density at radius 3 is 2.54 bits per heavy atom. The summed E-state index contributed by atoms with van der Waals surface area (Å²) < 4.78 is 16.6. The molecule has 0 aromatic rings. The minimum Gasteiger partial charge on any atom is -0.377 e. The van der Waals surface area contributed by atoms with Gasteiger partial charge in [0.25, 0.3) is 0 Å². The topological polar surface area (TPSA) is 27.7 Å². The minimum atomic E-state index is -2.36. The highest BCUT2D eigenvalue weighted by molar-refractivity contribution is 6.60. The average Bonchev–Trinajstić information content (AvgIpc) is 2.18. The lowest BCUT2D eigenvalue weighted by atomic mass is 10.0. The molecular formula is C9H18O3Si. The van der Waals surface area contributed by atoms with Crippen molar-refractivity contribution in [1.29, 1.82) is 0 Å². The fourth-order valence-electron chi connectivity index (χ4n) is 1.63. The highest BCUT2D eigenvalue weighted by atomic mass is 28.4. The molecule has 0 spiro atoms. The van der Waals surface area contributed by atoms with Gasteiger partial charge in [0.1, 0.15) is 0 Å². The standard InChI is InChI=1S/C9H18O3Si/c1-5-9(2)7-6-8-13(10-3,11-4)12-9/h5H,1,6-8H2,2-4H3. The van der Waals surface area contributed by atoms with E-state index in [1.165, 1.54) is 0 Å². The van der Waals surface area contributed by atoms with Crippen molar-refractivity contribution in [1.82, 2.24) is 0 Å². The molecule has 0 aromatic carbocycles. The molecule has 1 heterocycles. The van der Waals surface area contributed by atoms with Crippen LogP contribution in [-0.4, -0.2) is 28.6 Å². The Bertz CT molecular complexity index is 191. The highest BCUT2D eigenvalue weighted by Crippen LogP contribution is 2.34. The fraction of sp³-hybridized carbons (Fsp3) is 0.778. The van der Waals surface area contributed by atoms with E-state index in [0.29, 0.717) is 0 Å². The van der Waals surface area contributed by atoms with Crippen LogP contribution in [0.25, 0.3) is 0 Å². The van der Waals surface area contributed by atoms with Crippen LogP contribution in [0.15, 0.2) is 12.7 Å². The van der Waals surface area contributed by atoms with E-state index in [-0.39, 0.29) is 5.60 Å². The number of hydrogen-bond acceptors (Lipinski definition) is 3. The van der Waals surface area contributed by atoms with Gasteiger partial charge in [0.05, 0.1) is 5.60 Å². The first-order chi connectivity index (χ1) is 6.10. The van der Waals surface area contributed by atoms with Crippen molar-refractivity contribution < 1.29 is 13.3 Å². The molecule has 1 unspecified atom stereocenters. The molecule has 3 nitrogen and oxygen atoms in total. The van der Waals surface area contributed by atoms with Crippen LogP contribution in [0.2, 0.25) is 6.04 Å². The maximum absolute atomic E-state index is 5.89. The lowest BCUT2D eigenvalue weighted by Gasteiger charge is -2.40. The fourth-order valence-corrected chi connectivity index (χ4v) is 3.98. The second-order valence-corrected chi connectivity index (χ2v) is 6.45. The van der Waals surface area contributed by atoms with Crippen molar-refractivity contribution in [3.63, 3.8) is 0 Å². The molecule has 76 valence electrons. The van der Waals surface area contributed by atoms with Crippen molar-refractivity contribution in [3.05, 3.63) is 12.7 Å². The monoisotopic (exact) mass is 202 g/mol. The van der Waals surface area contributed by atoms with Crippen molar-refractivity contribution >= 4 is 8.80 Å². The van der Waals surface area contributed by atoms with E-state index < -0.39 is 8.80 Å². The van der Waals surface area contributed by atoms with Gasteiger partial charge in [-0.3, -0.25) is 0 Å². The first kappa shape index (κ1) is 10.9. The molecular weight excluding hydrogens is 184 g/mol. The zero-order valence-corrected chi connectivity index (χ0v) is 9.63. The van der Waals surface area contributed by atoms with E-state index in [1.807, 2.05) is 13.0 Å². The summed E-state index contributed by atoms with van der Waals surface area (Å²) in [6, 6.07) is 0.906. The number of hydrogen-bond donors (Lipinski definition) is 0. The normalized spacial score (nSPS) is 32.8. The third-order valence-corrected chi connectivity index (χ3v) is 5.59. The molecule has 0 N–H and O–H groups in total. The Morgan fingerprint density at radius 2 is 2.08 bits per heavy atom. The molecule has 1 fully saturated rings. The van der Waals surface area contributed by atoms with Crippen LogP contribution in [0, 0.1) is 0 Å². The maximum atomic E-state index is 5.89. The zero-order chi connectivity index (χ0) is 9.95. The van der Waals surface area contributed by atoms with E-state index in [1.54, 1.807) is 14.2 Å². The molecule has 0 aliphatic carbocycles. The average molecular weight is 202 g/mol. The second-order valence-electron chi connectivity index (χ2n) is 3.56. The zero-order valence-electron chi connectivity index (χ0n) is 8.63. The summed E-state index contributed by atoms with van der Waals surface area (Å²) in [5.74, 6) is 0.